The fourth-order valence-corrected chi connectivity index (χ4v) is 3.75. The van der Waals surface area contributed by atoms with E-state index in [1.165, 1.54) is 12.1 Å². The number of piperidine rings is 1. The number of likely N-dealkylation sites (tertiary alicyclic amines) is 1. The van der Waals surface area contributed by atoms with Gasteiger partial charge in [-0.05, 0) is 57.6 Å². The molecule has 1 fully saturated rings. The smallest absolute Gasteiger partial charge is 0.226 e. The van der Waals surface area contributed by atoms with E-state index < -0.39 is 0 Å². The van der Waals surface area contributed by atoms with Gasteiger partial charge in [0.05, 0.1) is 6.42 Å². The molecule has 6 heteroatoms. The van der Waals surface area contributed by atoms with Gasteiger partial charge in [0.1, 0.15) is 11.6 Å². The summed E-state index contributed by atoms with van der Waals surface area (Å²) in [6, 6.07) is 6.30. The molecule has 0 unspecified atom stereocenters. The van der Waals surface area contributed by atoms with Crippen molar-refractivity contribution in [1.29, 1.82) is 0 Å². The van der Waals surface area contributed by atoms with Crippen molar-refractivity contribution in [3.05, 3.63) is 53.9 Å². The third-order valence-corrected chi connectivity index (χ3v) is 5.21. The Morgan fingerprint density at radius 2 is 2.07 bits per heavy atom. The van der Waals surface area contributed by atoms with Gasteiger partial charge in [-0.25, -0.2) is 9.37 Å². The van der Waals surface area contributed by atoms with Crippen LogP contribution in [0.1, 0.15) is 36.6 Å². The minimum Gasteiger partial charge on any atom is -0.342 e. The van der Waals surface area contributed by atoms with E-state index in [1.807, 2.05) is 11.1 Å². The molecule has 5 nitrogen and oxygen atoms in total. The fourth-order valence-electron chi connectivity index (χ4n) is 3.75. The van der Waals surface area contributed by atoms with Crippen molar-refractivity contribution in [2.75, 3.05) is 33.7 Å². The number of imidazole rings is 1. The number of nitrogens with zero attached hydrogens (tertiary/aromatic N) is 4. The molecular formula is C21H29FN4O. The Morgan fingerprint density at radius 1 is 1.30 bits per heavy atom. The van der Waals surface area contributed by atoms with Gasteiger partial charge in [-0.2, -0.15) is 0 Å². The summed E-state index contributed by atoms with van der Waals surface area (Å²) in [6.07, 6.45) is 7.17. The Bertz CT molecular complexity index is 750. The number of hydrogen-bond acceptors (Lipinski definition) is 3. The average molecular weight is 372 g/mol. The molecule has 0 aliphatic carbocycles. The molecule has 0 N–H and O–H groups in total. The van der Waals surface area contributed by atoms with E-state index >= 15 is 0 Å². The number of carbonyl (C=O) groups excluding carboxylic acids is 1. The summed E-state index contributed by atoms with van der Waals surface area (Å²) in [7, 11) is 4.18. The Hall–Kier alpha value is -2.21. The summed E-state index contributed by atoms with van der Waals surface area (Å²) >= 11 is 0. The SMILES string of the molecule is CN(C)CCCn1ccnc1C1CCN(C(=O)Cc2cccc(F)c2)CC1. The van der Waals surface area contributed by atoms with Crippen LogP contribution in [-0.4, -0.2) is 59.0 Å². The van der Waals surface area contributed by atoms with Crippen molar-refractivity contribution in [1.82, 2.24) is 19.4 Å². The highest BCUT2D eigenvalue weighted by molar-refractivity contribution is 5.78. The third-order valence-electron chi connectivity index (χ3n) is 5.21. The van der Waals surface area contributed by atoms with Gasteiger partial charge >= 0.3 is 0 Å². The molecule has 2 heterocycles. The lowest BCUT2D eigenvalue weighted by Crippen LogP contribution is -2.39. The van der Waals surface area contributed by atoms with E-state index in [0.717, 1.165) is 56.8 Å². The lowest BCUT2D eigenvalue weighted by molar-refractivity contribution is -0.131. The van der Waals surface area contributed by atoms with Crippen LogP contribution in [0.25, 0.3) is 0 Å². The summed E-state index contributed by atoms with van der Waals surface area (Å²) in [6.45, 7) is 3.52. The van der Waals surface area contributed by atoms with E-state index in [1.54, 1.807) is 12.1 Å². The molecule has 1 aromatic heterocycles. The van der Waals surface area contributed by atoms with Crippen molar-refractivity contribution < 1.29 is 9.18 Å². The number of carbonyl (C=O) groups is 1. The summed E-state index contributed by atoms with van der Waals surface area (Å²) in [5.74, 6) is 1.33. The number of rotatable bonds is 7. The molecule has 0 spiro atoms. The van der Waals surface area contributed by atoms with Crippen LogP contribution in [0.2, 0.25) is 0 Å². The Kier molecular flexibility index (Phi) is 6.61. The Labute approximate surface area is 160 Å². The van der Waals surface area contributed by atoms with Gasteiger partial charge in [0, 0.05) is 37.9 Å². The van der Waals surface area contributed by atoms with Crippen molar-refractivity contribution in [2.45, 2.75) is 38.1 Å². The number of amides is 1. The molecule has 3 rings (SSSR count). The molecule has 146 valence electrons. The highest BCUT2D eigenvalue weighted by Gasteiger charge is 2.26. The largest absolute Gasteiger partial charge is 0.342 e. The van der Waals surface area contributed by atoms with Gasteiger partial charge in [0.15, 0.2) is 0 Å². The van der Waals surface area contributed by atoms with E-state index in [-0.39, 0.29) is 18.1 Å². The summed E-state index contributed by atoms with van der Waals surface area (Å²) < 4.78 is 15.6. The standard InChI is InChI=1S/C21H29FN4O/c1-24(2)10-4-11-26-14-9-23-21(26)18-7-12-25(13-8-18)20(27)16-17-5-3-6-19(22)15-17/h3,5-6,9,14-15,18H,4,7-8,10-13,16H2,1-2H3. The predicted molar refractivity (Wildman–Crippen MR) is 104 cm³/mol. The lowest BCUT2D eigenvalue weighted by Gasteiger charge is -2.32. The quantitative estimate of drug-likeness (QED) is 0.750. The first-order valence-electron chi connectivity index (χ1n) is 9.71. The molecule has 1 saturated heterocycles. The van der Waals surface area contributed by atoms with Crippen LogP contribution in [0, 0.1) is 5.82 Å². The normalized spacial score (nSPS) is 15.5. The summed E-state index contributed by atoms with van der Waals surface area (Å²) in [4.78, 5) is 21.2. The molecule has 1 aliphatic heterocycles. The van der Waals surface area contributed by atoms with E-state index in [9.17, 15) is 9.18 Å². The van der Waals surface area contributed by atoms with Crippen LogP contribution in [0.15, 0.2) is 36.7 Å². The van der Waals surface area contributed by atoms with E-state index in [4.69, 9.17) is 0 Å². The van der Waals surface area contributed by atoms with Crippen LogP contribution < -0.4 is 0 Å². The van der Waals surface area contributed by atoms with Crippen LogP contribution in [0.3, 0.4) is 0 Å². The molecule has 2 aromatic rings. The molecule has 1 amide bonds. The summed E-state index contributed by atoms with van der Waals surface area (Å²) in [5.41, 5.74) is 0.735. The molecule has 0 atom stereocenters. The van der Waals surface area contributed by atoms with E-state index in [0.29, 0.717) is 5.92 Å². The first kappa shape index (κ1) is 19.5. The zero-order valence-corrected chi connectivity index (χ0v) is 16.3. The maximum absolute atomic E-state index is 13.3. The Morgan fingerprint density at radius 3 is 2.78 bits per heavy atom. The van der Waals surface area contributed by atoms with Crippen molar-refractivity contribution >= 4 is 5.91 Å². The van der Waals surface area contributed by atoms with Crippen molar-refractivity contribution in [3.8, 4) is 0 Å². The van der Waals surface area contributed by atoms with Crippen molar-refractivity contribution in [2.24, 2.45) is 0 Å². The van der Waals surface area contributed by atoms with Gasteiger partial charge < -0.3 is 14.4 Å². The molecule has 0 bridgehead atoms. The number of hydrogen-bond donors (Lipinski definition) is 0. The highest BCUT2D eigenvalue weighted by atomic mass is 19.1. The number of aromatic nitrogens is 2. The number of halogens is 1. The van der Waals surface area contributed by atoms with Gasteiger partial charge in [-0.1, -0.05) is 12.1 Å². The van der Waals surface area contributed by atoms with E-state index in [2.05, 4.69) is 34.7 Å². The van der Waals surface area contributed by atoms with Crippen molar-refractivity contribution in [3.63, 3.8) is 0 Å². The number of benzene rings is 1. The first-order valence-corrected chi connectivity index (χ1v) is 9.71. The Balaban J connectivity index is 1.52. The van der Waals surface area contributed by atoms with Gasteiger partial charge in [-0.3, -0.25) is 4.79 Å². The number of aryl methyl sites for hydroxylation is 1. The molecule has 1 aliphatic rings. The molecular weight excluding hydrogens is 343 g/mol. The monoisotopic (exact) mass is 372 g/mol. The first-order chi connectivity index (χ1) is 13.0. The maximum Gasteiger partial charge on any atom is 0.226 e. The average Bonchev–Trinajstić information content (AvgIpc) is 3.10. The van der Waals surface area contributed by atoms with Gasteiger partial charge in [0.25, 0.3) is 0 Å². The maximum atomic E-state index is 13.3. The summed E-state index contributed by atoms with van der Waals surface area (Å²) in [5, 5.41) is 0. The van der Waals surface area contributed by atoms with Gasteiger partial charge in [0.2, 0.25) is 5.91 Å². The van der Waals surface area contributed by atoms with Crippen LogP contribution in [0.5, 0.6) is 0 Å². The minimum absolute atomic E-state index is 0.0772. The zero-order valence-electron chi connectivity index (χ0n) is 16.3. The van der Waals surface area contributed by atoms with Crippen LogP contribution in [0.4, 0.5) is 4.39 Å². The predicted octanol–water partition coefficient (Wildman–Crippen LogP) is 2.92. The minimum atomic E-state index is -0.292. The van der Waals surface area contributed by atoms with Gasteiger partial charge in [-0.15, -0.1) is 0 Å². The highest BCUT2D eigenvalue weighted by Crippen LogP contribution is 2.27. The zero-order chi connectivity index (χ0) is 19.2. The second kappa shape index (κ2) is 9.13. The molecule has 27 heavy (non-hydrogen) atoms. The topological polar surface area (TPSA) is 41.4 Å². The second-order valence-electron chi connectivity index (χ2n) is 7.60. The molecule has 0 saturated carbocycles. The van der Waals surface area contributed by atoms with Crippen LogP contribution >= 0.6 is 0 Å². The molecule has 0 radical (unpaired) electrons. The lowest BCUT2D eigenvalue weighted by atomic mass is 9.95. The second-order valence-corrected chi connectivity index (χ2v) is 7.60. The molecule has 1 aromatic carbocycles. The van der Waals surface area contributed by atoms with Crippen LogP contribution in [-0.2, 0) is 17.8 Å². The fraction of sp³-hybridized carbons (Fsp3) is 0.524. The third kappa shape index (κ3) is 5.39.